The van der Waals surface area contributed by atoms with Crippen LogP contribution in [-0.2, 0) is 19.8 Å². The zero-order chi connectivity index (χ0) is 14.2. The fraction of sp³-hybridized carbons (Fsp3) is 0.273. The van der Waals surface area contributed by atoms with Crippen LogP contribution in [0.3, 0.4) is 0 Å². The van der Waals surface area contributed by atoms with Gasteiger partial charge in [0.1, 0.15) is 11.6 Å². The first kappa shape index (κ1) is 13.5. The standard InChI is InChI=1S/C11H10F4N4/c1-19-9(5-16)17-18-10(19)6-2-3-8(12)7(4-6)11(13,14)15/h2-4H,5,16H2,1H3. The van der Waals surface area contributed by atoms with Gasteiger partial charge in [0, 0.05) is 12.6 Å². The van der Waals surface area contributed by atoms with Gasteiger partial charge in [-0.05, 0) is 18.2 Å². The fourth-order valence-electron chi connectivity index (χ4n) is 1.67. The number of halogens is 4. The highest BCUT2D eigenvalue weighted by Crippen LogP contribution is 2.33. The minimum absolute atomic E-state index is 0.108. The van der Waals surface area contributed by atoms with Gasteiger partial charge in [-0.2, -0.15) is 13.2 Å². The molecule has 0 saturated heterocycles. The third-order valence-electron chi connectivity index (χ3n) is 2.68. The quantitative estimate of drug-likeness (QED) is 0.853. The van der Waals surface area contributed by atoms with Crippen molar-refractivity contribution < 1.29 is 17.6 Å². The van der Waals surface area contributed by atoms with E-state index in [1.807, 2.05) is 0 Å². The summed E-state index contributed by atoms with van der Waals surface area (Å²) in [5.74, 6) is -0.698. The van der Waals surface area contributed by atoms with E-state index >= 15 is 0 Å². The molecule has 19 heavy (non-hydrogen) atoms. The Balaban J connectivity index is 2.55. The van der Waals surface area contributed by atoms with Crippen LogP contribution in [0.15, 0.2) is 18.2 Å². The van der Waals surface area contributed by atoms with E-state index in [1.54, 1.807) is 7.05 Å². The second-order valence-electron chi connectivity index (χ2n) is 3.90. The number of hydrogen-bond donors (Lipinski definition) is 1. The predicted molar refractivity (Wildman–Crippen MR) is 59.3 cm³/mol. The summed E-state index contributed by atoms with van der Waals surface area (Å²) in [7, 11) is 1.58. The summed E-state index contributed by atoms with van der Waals surface area (Å²) in [6, 6.07) is 2.68. The van der Waals surface area contributed by atoms with Gasteiger partial charge < -0.3 is 10.3 Å². The van der Waals surface area contributed by atoms with Gasteiger partial charge in [-0.25, -0.2) is 4.39 Å². The largest absolute Gasteiger partial charge is 0.419 e. The van der Waals surface area contributed by atoms with E-state index in [9.17, 15) is 17.6 Å². The Labute approximate surface area is 105 Å². The van der Waals surface area contributed by atoms with Crippen molar-refractivity contribution in [3.8, 4) is 11.4 Å². The van der Waals surface area contributed by atoms with E-state index in [4.69, 9.17) is 5.73 Å². The third-order valence-corrected chi connectivity index (χ3v) is 2.68. The number of aromatic nitrogens is 3. The highest BCUT2D eigenvalue weighted by molar-refractivity contribution is 5.57. The number of rotatable bonds is 2. The Morgan fingerprint density at radius 3 is 2.47 bits per heavy atom. The number of benzene rings is 1. The summed E-state index contributed by atoms with van der Waals surface area (Å²) in [6.45, 7) is 0.108. The van der Waals surface area contributed by atoms with Crippen LogP contribution in [0.4, 0.5) is 17.6 Å². The lowest BCUT2D eigenvalue weighted by atomic mass is 10.1. The number of hydrogen-bond acceptors (Lipinski definition) is 3. The van der Waals surface area contributed by atoms with E-state index in [0.717, 1.165) is 6.07 Å². The van der Waals surface area contributed by atoms with Crippen LogP contribution in [0, 0.1) is 5.82 Å². The highest BCUT2D eigenvalue weighted by atomic mass is 19.4. The van der Waals surface area contributed by atoms with E-state index in [1.165, 1.54) is 10.6 Å². The smallest absolute Gasteiger partial charge is 0.324 e. The molecule has 4 nitrogen and oxygen atoms in total. The van der Waals surface area contributed by atoms with Crippen molar-refractivity contribution in [3.05, 3.63) is 35.4 Å². The molecular formula is C11H10F4N4. The Kier molecular flexibility index (Phi) is 3.27. The Morgan fingerprint density at radius 2 is 1.95 bits per heavy atom. The van der Waals surface area contributed by atoms with E-state index in [-0.39, 0.29) is 17.9 Å². The van der Waals surface area contributed by atoms with Crippen LogP contribution >= 0.6 is 0 Å². The topological polar surface area (TPSA) is 56.7 Å². The molecule has 1 aromatic heterocycles. The van der Waals surface area contributed by atoms with Crippen LogP contribution in [0.25, 0.3) is 11.4 Å². The lowest BCUT2D eigenvalue weighted by Gasteiger charge is -2.10. The molecule has 8 heteroatoms. The molecule has 0 aliphatic carbocycles. The summed E-state index contributed by atoms with van der Waals surface area (Å²) in [5.41, 5.74) is 4.20. The van der Waals surface area contributed by atoms with Crippen LogP contribution < -0.4 is 5.73 Å². The Bertz CT molecular complexity index is 603. The minimum atomic E-state index is -4.75. The molecule has 0 aliphatic rings. The van der Waals surface area contributed by atoms with Crippen molar-refractivity contribution in [2.24, 2.45) is 12.8 Å². The Morgan fingerprint density at radius 1 is 1.26 bits per heavy atom. The summed E-state index contributed by atoms with van der Waals surface area (Å²) in [6.07, 6.45) is -4.75. The summed E-state index contributed by atoms with van der Waals surface area (Å²) in [5, 5.41) is 7.49. The minimum Gasteiger partial charge on any atom is -0.324 e. The van der Waals surface area contributed by atoms with Crippen LogP contribution in [-0.4, -0.2) is 14.8 Å². The molecule has 0 atom stereocenters. The molecule has 0 unspecified atom stereocenters. The summed E-state index contributed by atoms with van der Waals surface area (Å²) >= 11 is 0. The van der Waals surface area contributed by atoms with E-state index in [2.05, 4.69) is 10.2 Å². The first-order valence-corrected chi connectivity index (χ1v) is 5.30. The molecule has 0 aliphatic heterocycles. The van der Waals surface area contributed by atoms with Gasteiger partial charge in [0.15, 0.2) is 5.82 Å². The lowest BCUT2D eigenvalue weighted by molar-refractivity contribution is -0.139. The molecular weight excluding hydrogens is 264 g/mol. The second kappa shape index (κ2) is 4.61. The van der Waals surface area contributed by atoms with Gasteiger partial charge in [0.05, 0.1) is 12.1 Å². The van der Waals surface area contributed by atoms with Crippen molar-refractivity contribution in [1.29, 1.82) is 0 Å². The van der Waals surface area contributed by atoms with Crippen molar-refractivity contribution in [2.45, 2.75) is 12.7 Å². The SMILES string of the molecule is Cn1c(CN)nnc1-c1ccc(F)c(C(F)(F)F)c1. The Hall–Kier alpha value is -1.96. The number of nitrogens with zero attached hydrogens (tertiary/aromatic N) is 3. The molecule has 2 rings (SSSR count). The number of alkyl halides is 3. The molecule has 0 spiro atoms. The number of nitrogens with two attached hydrogens (primary N) is 1. The van der Waals surface area contributed by atoms with E-state index in [0.29, 0.717) is 11.9 Å². The van der Waals surface area contributed by atoms with Crippen molar-refractivity contribution >= 4 is 0 Å². The first-order valence-electron chi connectivity index (χ1n) is 5.30. The zero-order valence-corrected chi connectivity index (χ0v) is 9.87. The maximum atomic E-state index is 13.2. The van der Waals surface area contributed by atoms with Gasteiger partial charge in [0.25, 0.3) is 0 Å². The lowest BCUT2D eigenvalue weighted by Crippen LogP contribution is -2.09. The maximum absolute atomic E-state index is 13.2. The van der Waals surface area contributed by atoms with Gasteiger partial charge in [-0.1, -0.05) is 0 Å². The summed E-state index contributed by atoms with van der Waals surface area (Å²) in [4.78, 5) is 0. The van der Waals surface area contributed by atoms with Crippen LogP contribution in [0.2, 0.25) is 0 Å². The van der Waals surface area contributed by atoms with E-state index < -0.39 is 17.6 Å². The summed E-state index contributed by atoms with van der Waals surface area (Å²) < 4.78 is 52.5. The molecule has 0 saturated carbocycles. The van der Waals surface area contributed by atoms with Gasteiger partial charge in [-0.3, -0.25) is 0 Å². The van der Waals surface area contributed by atoms with Gasteiger partial charge in [0.2, 0.25) is 0 Å². The molecule has 2 N–H and O–H groups in total. The molecule has 0 amide bonds. The third kappa shape index (κ3) is 2.43. The average Bonchev–Trinajstić information content (AvgIpc) is 2.70. The molecule has 0 fully saturated rings. The highest BCUT2D eigenvalue weighted by Gasteiger charge is 2.34. The molecule has 0 radical (unpaired) electrons. The zero-order valence-electron chi connectivity index (χ0n) is 9.87. The second-order valence-corrected chi connectivity index (χ2v) is 3.90. The maximum Gasteiger partial charge on any atom is 0.419 e. The van der Waals surface area contributed by atoms with Gasteiger partial charge in [-0.15, -0.1) is 10.2 Å². The first-order chi connectivity index (χ1) is 8.84. The van der Waals surface area contributed by atoms with Crippen molar-refractivity contribution in [2.75, 3.05) is 0 Å². The molecule has 1 heterocycles. The predicted octanol–water partition coefficient (Wildman–Crippen LogP) is 2.10. The van der Waals surface area contributed by atoms with Crippen LogP contribution in [0.1, 0.15) is 11.4 Å². The normalized spacial score (nSPS) is 11.9. The molecule has 1 aromatic carbocycles. The van der Waals surface area contributed by atoms with Crippen molar-refractivity contribution in [3.63, 3.8) is 0 Å². The fourth-order valence-corrected chi connectivity index (χ4v) is 1.67. The molecule has 102 valence electrons. The molecule has 2 aromatic rings. The van der Waals surface area contributed by atoms with Crippen molar-refractivity contribution in [1.82, 2.24) is 14.8 Å². The monoisotopic (exact) mass is 274 g/mol. The average molecular weight is 274 g/mol. The van der Waals surface area contributed by atoms with Gasteiger partial charge >= 0.3 is 6.18 Å². The molecule has 0 bridgehead atoms. The van der Waals surface area contributed by atoms with Crippen LogP contribution in [0.5, 0.6) is 0 Å².